The fourth-order valence-electron chi connectivity index (χ4n) is 2.56. The number of ether oxygens (including phenoxy) is 1. The van der Waals surface area contributed by atoms with E-state index in [1.807, 2.05) is 0 Å². The number of aliphatic hydroxyl groups is 1. The lowest BCUT2D eigenvalue weighted by Gasteiger charge is -2.36. The van der Waals surface area contributed by atoms with Gasteiger partial charge in [-0.3, -0.25) is 4.90 Å². The summed E-state index contributed by atoms with van der Waals surface area (Å²) >= 11 is 0. The topological polar surface area (TPSA) is 87.1 Å². The predicted octanol–water partition coefficient (Wildman–Crippen LogP) is 2.10. The van der Waals surface area contributed by atoms with E-state index in [9.17, 15) is 19.8 Å². The number of aliphatic hydroxyl groups excluding tert-OH is 1. The number of fused-ring (bicyclic) bond motifs is 1. The van der Waals surface area contributed by atoms with E-state index in [0.717, 1.165) is 11.1 Å². The first-order valence-electron chi connectivity index (χ1n) is 7.18. The van der Waals surface area contributed by atoms with Gasteiger partial charge < -0.3 is 14.9 Å². The standard InChI is InChI=1S/C16H21NO5/c1-16(2,3)22-15(21)17-7-6-11-8-10(9-18)4-5-12(11)13(17)14(19)20/h4-5,8,13,18H,6-7,9H2,1-3H3,(H,19,20). The Hall–Kier alpha value is -2.08. The van der Waals surface area contributed by atoms with Crippen LogP contribution in [0.4, 0.5) is 4.79 Å². The quantitative estimate of drug-likeness (QED) is 0.873. The Morgan fingerprint density at radius 3 is 2.59 bits per heavy atom. The highest BCUT2D eigenvalue weighted by Gasteiger charge is 2.38. The van der Waals surface area contributed by atoms with Crippen LogP contribution in [0.3, 0.4) is 0 Å². The summed E-state index contributed by atoms with van der Waals surface area (Å²) in [6, 6.07) is 4.06. The van der Waals surface area contributed by atoms with Crippen molar-refractivity contribution in [3.05, 3.63) is 34.9 Å². The summed E-state index contributed by atoms with van der Waals surface area (Å²) in [7, 11) is 0. The number of nitrogens with zero attached hydrogens (tertiary/aromatic N) is 1. The molecule has 6 heteroatoms. The number of aliphatic carboxylic acids is 1. The van der Waals surface area contributed by atoms with Crippen LogP contribution < -0.4 is 0 Å². The van der Waals surface area contributed by atoms with Crippen molar-refractivity contribution >= 4 is 12.1 Å². The van der Waals surface area contributed by atoms with Crippen molar-refractivity contribution in [1.29, 1.82) is 0 Å². The normalized spacial score (nSPS) is 17.8. The first-order chi connectivity index (χ1) is 10.2. The van der Waals surface area contributed by atoms with E-state index in [2.05, 4.69) is 0 Å². The number of carboxylic acids is 1. The van der Waals surface area contributed by atoms with Crippen molar-refractivity contribution in [2.75, 3.05) is 6.54 Å². The average molecular weight is 307 g/mol. The zero-order chi connectivity index (χ0) is 16.5. The maximum absolute atomic E-state index is 12.3. The molecule has 0 fully saturated rings. The number of rotatable bonds is 2. The van der Waals surface area contributed by atoms with Gasteiger partial charge in [0.15, 0.2) is 6.04 Å². The van der Waals surface area contributed by atoms with Crippen LogP contribution in [0, 0.1) is 0 Å². The summed E-state index contributed by atoms with van der Waals surface area (Å²) in [5, 5.41) is 18.7. The molecule has 0 aromatic heterocycles. The van der Waals surface area contributed by atoms with Crippen molar-refractivity contribution < 1.29 is 24.5 Å². The Morgan fingerprint density at radius 2 is 2.05 bits per heavy atom. The van der Waals surface area contributed by atoms with E-state index < -0.39 is 23.7 Å². The predicted molar refractivity (Wildman–Crippen MR) is 79.4 cm³/mol. The van der Waals surface area contributed by atoms with E-state index in [0.29, 0.717) is 12.0 Å². The number of hydrogen-bond donors (Lipinski definition) is 2. The van der Waals surface area contributed by atoms with Crippen LogP contribution in [-0.4, -0.2) is 39.3 Å². The summed E-state index contributed by atoms with van der Waals surface area (Å²) in [6.07, 6.45) is -0.0941. The van der Waals surface area contributed by atoms with Crippen LogP contribution >= 0.6 is 0 Å². The molecule has 2 rings (SSSR count). The third kappa shape index (κ3) is 3.39. The van der Waals surface area contributed by atoms with Crippen LogP contribution in [0.2, 0.25) is 0 Å². The molecular weight excluding hydrogens is 286 g/mol. The van der Waals surface area contributed by atoms with E-state index >= 15 is 0 Å². The number of amides is 1. The number of carbonyl (C=O) groups is 2. The van der Waals surface area contributed by atoms with E-state index in [4.69, 9.17) is 4.74 Å². The van der Waals surface area contributed by atoms with Gasteiger partial charge >= 0.3 is 12.1 Å². The van der Waals surface area contributed by atoms with Crippen molar-refractivity contribution in [1.82, 2.24) is 4.90 Å². The zero-order valence-corrected chi connectivity index (χ0v) is 13.0. The maximum Gasteiger partial charge on any atom is 0.411 e. The van der Waals surface area contributed by atoms with Crippen molar-refractivity contribution in [2.24, 2.45) is 0 Å². The molecule has 0 bridgehead atoms. The highest BCUT2D eigenvalue weighted by Crippen LogP contribution is 2.32. The Labute approximate surface area is 129 Å². The van der Waals surface area contributed by atoms with Gasteiger partial charge in [-0.2, -0.15) is 0 Å². The third-order valence-corrected chi connectivity index (χ3v) is 3.48. The SMILES string of the molecule is CC(C)(C)OC(=O)N1CCc2cc(CO)ccc2C1C(=O)O. The van der Waals surface area contributed by atoms with Gasteiger partial charge in [0.05, 0.1) is 6.61 Å². The molecule has 0 radical (unpaired) electrons. The molecule has 1 aromatic carbocycles. The maximum atomic E-state index is 12.3. The van der Waals surface area contributed by atoms with Gasteiger partial charge in [-0.25, -0.2) is 9.59 Å². The summed E-state index contributed by atoms with van der Waals surface area (Å²) in [5.41, 5.74) is 1.47. The molecule has 120 valence electrons. The Bertz CT molecular complexity index is 591. The molecule has 1 aliphatic heterocycles. The molecule has 6 nitrogen and oxygen atoms in total. The first-order valence-corrected chi connectivity index (χ1v) is 7.18. The summed E-state index contributed by atoms with van der Waals surface area (Å²) in [6.45, 7) is 5.40. The summed E-state index contributed by atoms with van der Waals surface area (Å²) in [5.74, 6) is -1.09. The lowest BCUT2D eigenvalue weighted by molar-refractivity contribution is -0.143. The monoisotopic (exact) mass is 307 g/mol. The van der Waals surface area contributed by atoms with E-state index in [1.54, 1.807) is 39.0 Å². The van der Waals surface area contributed by atoms with Crippen molar-refractivity contribution in [3.8, 4) is 0 Å². The Balaban J connectivity index is 2.34. The highest BCUT2D eigenvalue weighted by atomic mass is 16.6. The molecule has 1 amide bonds. The number of hydrogen-bond acceptors (Lipinski definition) is 4. The van der Waals surface area contributed by atoms with Gasteiger partial charge in [-0.05, 0) is 43.9 Å². The molecule has 0 saturated carbocycles. The largest absolute Gasteiger partial charge is 0.479 e. The van der Waals surface area contributed by atoms with Crippen LogP contribution in [0.25, 0.3) is 0 Å². The molecule has 0 spiro atoms. The van der Waals surface area contributed by atoms with Crippen LogP contribution in [0.5, 0.6) is 0 Å². The molecular formula is C16H21NO5. The Morgan fingerprint density at radius 1 is 1.36 bits per heavy atom. The van der Waals surface area contributed by atoms with Gasteiger partial charge in [-0.1, -0.05) is 18.2 Å². The van der Waals surface area contributed by atoms with Crippen LogP contribution in [0.1, 0.15) is 43.5 Å². The third-order valence-electron chi connectivity index (χ3n) is 3.48. The second-order valence-electron chi connectivity index (χ2n) is 6.36. The van der Waals surface area contributed by atoms with E-state index in [-0.39, 0.29) is 13.2 Å². The zero-order valence-electron chi connectivity index (χ0n) is 13.0. The molecule has 1 unspecified atom stereocenters. The number of carboxylic acid groups (broad SMARTS) is 1. The lowest BCUT2D eigenvalue weighted by atomic mass is 9.91. The van der Waals surface area contributed by atoms with Gasteiger partial charge in [0.25, 0.3) is 0 Å². The average Bonchev–Trinajstić information content (AvgIpc) is 2.43. The molecule has 0 saturated heterocycles. The fourth-order valence-corrected chi connectivity index (χ4v) is 2.56. The molecule has 0 aliphatic carbocycles. The Kier molecular flexibility index (Phi) is 4.42. The molecule has 2 N–H and O–H groups in total. The van der Waals surface area contributed by atoms with E-state index in [1.165, 1.54) is 4.90 Å². The second-order valence-corrected chi connectivity index (χ2v) is 6.36. The minimum Gasteiger partial charge on any atom is -0.479 e. The highest BCUT2D eigenvalue weighted by molar-refractivity contribution is 5.82. The minimum atomic E-state index is -1.09. The first kappa shape index (κ1) is 16.3. The summed E-state index contributed by atoms with van der Waals surface area (Å²) < 4.78 is 5.30. The van der Waals surface area contributed by atoms with Crippen molar-refractivity contribution in [3.63, 3.8) is 0 Å². The molecule has 1 aliphatic rings. The van der Waals surface area contributed by atoms with Gasteiger partial charge in [0.1, 0.15) is 5.60 Å². The van der Waals surface area contributed by atoms with Crippen LogP contribution in [-0.2, 0) is 22.6 Å². The summed E-state index contributed by atoms with van der Waals surface area (Å²) in [4.78, 5) is 25.2. The number of carbonyl (C=O) groups excluding carboxylic acids is 1. The lowest BCUT2D eigenvalue weighted by Crippen LogP contribution is -2.45. The molecule has 1 heterocycles. The molecule has 1 aromatic rings. The molecule has 22 heavy (non-hydrogen) atoms. The van der Waals surface area contributed by atoms with Crippen molar-refractivity contribution in [2.45, 2.75) is 45.4 Å². The number of benzene rings is 1. The van der Waals surface area contributed by atoms with Gasteiger partial charge in [0, 0.05) is 6.54 Å². The second kappa shape index (κ2) is 5.96. The van der Waals surface area contributed by atoms with Gasteiger partial charge in [0.2, 0.25) is 0 Å². The van der Waals surface area contributed by atoms with Crippen LogP contribution in [0.15, 0.2) is 18.2 Å². The molecule has 1 atom stereocenters. The van der Waals surface area contributed by atoms with Gasteiger partial charge in [-0.15, -0.1) is 0 Å². The minimum absolute atomic E-state index is 0.0964. The fraction of sp³-hybridized carbons (Fsp3) is 0.500. The smallest absolute Gasteiger partial charge is 0.411 e.